The SMILES string of the molecule is C[n+]1cccc(-c2nsnc2OCCCCCCCOc2nsnc2-c2ccc[n+](C)c2)c1. The number of unbranched alkanes of at least 4 members (excludes halogenated alkanes) is 4. The van der Waals surface area contributed by atoms with Crippen molar-refractivity contribution in [3.05, 3.63) is 49.1 Å². The van der Waals surface area contributed by atoms with Crippen LogP contribution in [-0.2, 0) is 14.1 Å². The van der Waals surface area contributed by atoms with Crippen molar-refractivity contribution < 1.29 is 18.6 Å². The van der Waals surface area contributed by atoms with Crippen molar-refractivity contribution in [1.82, 2.24) is 17.5 Å². The number of nitrogens with zero attached hydrogens (tertiary/aromatic N) is 6. The van der Waals surface area contributed by atoms with E-state index in [1.54, 1.807) is 0 Å². The molecule has 0 saturated carbocycles. The quantitative estimate of drug-likeness (QED) is 0.225. The standard InChI is InChI=1S/C23H28N6O2S2/c1-28-12-8-10-18(16-28)20-22(26-32-24-20)30-14-6-4-3-5-7-15-31-23-21(25-33-27-23)19-11-9-13-29(2)17-19/h8-13,16-17H,3-7,14-15H2,1-2H3/q+2. The van der Waals surface area contributed by atoms with E-state index < -0.39 is 0 Å². The lowest BCUT2D eigenvalue weighted by molar-refractivity contribution is -0.671. The monoisotopic (exact) mass is 484 g/mol. The van der Waals surface area contributed by atoms with Gasteiger partial charge in [-0.2, -0.15) is 8.75 Å². The third kappa shape index (κ3) is 6.52. The molecular formula is C23H28N6O2S2+2. The summed E-state index contributed by atoms with van der Waals surface area (Å²) >= 11 is 2.37. The fourth-order valence-corrected chi connectivity index (χ4v) is 4.47. The second-order valence-electron chi connectivity index (χ2n) is 7.82. The van der Waals surface area contributed by atoms with Gasteiger partial charge in [0, 0.05) is 12.1 Å². The molecule has 4 aromatic rings. The van der Waals surface area contributed by atoms with Crippen molar-refractivity contribution in [3.8, 4) is 34.3 Å². The minimum absolute atomic E-state index is 0.624. The molecule has 10 heteroatoms. The zero-order chi connectivity index (χ0) is 22.9. The summed E-state index contributed by atoms with van der Waals surface area (Å²) in [6.45, 7) is 1.30. The summed E-state index contributed by atoms with van der Waals surface area (Å²) in [6.07, 6.45) is 13.4. The third-order valence-electron chi connectivity index (χ3n) is 5.11. The predicted molar refractivity (Wildman–Crippen MR) is 127 cm³/mol. The van der Waals surface area contributed by atoms with E-state index in [0.717, 1.165) is 54.6 Å². The van der Waals surface area contributed by atoms with Gasteiger partial charge in [0.05, 0.1) is 47.8 Å². The molecule has 33 heavy (non-hydrogen) atoms. The van der Waals surface area contributed by atoms with Gasteiger partial charge in [-0.1, -0.05) is 19.3 Å². The van der Waals surface area contributed by atoms with Gasteiger partial charge in [0.25, 0.3) is 11.8 Å². The predicted octanol–water partition coefficient (Wildman–Crippen LogP) is 3.78. The van der Waals surface area contributed by atoms with Crippen molar-refractivity contribution in [3.63, 3.8) is 0 Å². The fourth-order valence-electron chi connectivity index (χ4n) is 3.43. The summed E-state index contributed by atoms with van der Waals surface area (Å²) < 4.78 is 33.2. The number of aromatic nitrogens is 6. The van der Waals surface area contributed by atoms with Gasteiger partial charge in [0.15, 0.2) is 36.2 Å². The molecule has 4 rings (SSSR count). The van der Waals surface area contributed by atoms with Crippen LogP contribution >= 0.6 is 23.5 Å². The van der Waals surface area contributed by atoms with E-state index in [2.05, 4.69) is 17.5 Å². The van der Waals surface area contributed by atoms with Crippen LogP contribution in [0.3, 0.4) is 0 Å². The zero-order valence-corrected chi connectivity index (χ0v) is 20.5. The summed E-state index contributed by atoms with van der Waals surface area (Å²) in [5.41, 5.74) is 3.66. The molecule has 0 fully saturated rings. The van der Waals surface area contributed by atoms with Crippen LogP contribution in [-0.4, -0.2) is 30.7 Å². The van der Waals surface area contributed by atoms with Crippen LogP contribution in [0.4, 0.5) is 0 Å². The maximum atomic E-state index is 5.90. The minimum Gasteiger partial charge on any atom is -0.475 e. The number of rotatable bonds is 12. The largest absolute Gasteiger partial charge is 0.475 e. The second kappa shape index (κ2) is 11.8. The number of pyridine rings is 2. The van der Waals surface area contributed by atoms with Crippen molar-refractivity contribution in [2.24, 2.45) is 14.1 Å². The van der Waals surface area contributed by atoms with Gasteiger partial charge in [-0.25, -0.2) is 9.13 Å². The van der Waals surface area contributed by atoms with Gasteiger partial charge < -0.3 is 9.47 Å². The summed E-state index contributed by atoms with van der Waals surface area (Å²) in [5, 5.41) is 0. The topological polar surface area (TPSA) is 77.8 Å². The summed E-state index contributed by atoms with van der Waals surface area (Å²) in [6, 6.07) is 8.04. The molecule has 0 bridgehead atoms. The summed E-state index contributed by atoms with van der Waals surface area (Å²) in [7, 11) is 3.98. The Bertz CT molecular complexity index is 1070. The number of aryl methyl sites for hydroxylation is 2. The summed E-state index contributed by atoms with van der Waals surface area (Å²) in [5.74, 6) is 1.25. The first-order valence-corrected chi connectivity index (χ1v) is 12.5. The Hall–Kier alpha value is -2.98. The molecule has 4 aromatic heterocycles. The maximum absolute atomic E-state index is 5.90. The van der Waals surface area contributed by atoms with Crippen LogP contribution in [0.5, 0.6) is 11.8 Å². The van der Waals surface area contributed by atoms with Crippen LogP contribution in [0.1, 0.15) is 32.1 Å². The highest BCUT2D eigenvalue weighted by molar-refractivity contribution is 6.99. The Balaban J connectivity index is 1.12. The molecule has 0 radical (unpaired) electrons. The zero-order valence-electron chi connectivity index (χ0n) is 18.9. The van der Waals surface area contributed by atoms with Crippen molar-refractivity contribution >= 4 is 23.5 Å². The first-order valence-electron chi connectivity index (χ1n) is 11.0. The van der Waals surface area contributed by atoms with E-state index in [4.69, 9.17) is 9.47 Å². The highest BCUT2D eigenvalue weighted by Gasteiger charge is 2.15. The lowest BCUT2D eigenvalue weighted by atomic mass is 10.1. The fraction of sp³-hybridized carbons (Fsp3) is 0.391. The normalized spacial score (nSPS) is 11.0. The molecule has 8 nitrogen and oxygen atoms in total. The molecule has 0 N–H and O–H groups in total. The van der Waals surface area contributed by atoms with Gasteiger partial charge in [-0.3, -0.25) is 0 Å². The lowest BCUT2D eigenvalue weighted by Crippen LogP contribution is -2.26. The first-order chi connectivity index (χ1) is 16.2. The van der Waals surface area contributed by atoms with Crippen LogP contribution in [0.15, 0.2) is 49.1 Å². The number of hydrogen-bond acceptors (Lipinski definition) is 8. The van der Waals surface area contributed by atoms with Gasteiger partial charge >= 0.3 is 0 Å². The highest BCUT2D eigenvalue weighted by Crippen LogP contribution is 2.28. The molecule has 0 aliphatic rings. The van der Waals surface area contributed by atoms with Crippen molar-refractivity contribution in [1.29, 1.82) is 0 Å². The Morgan fingerprint density at radius 2 is 1.12 bits per heavy atom. The number of ether oxygens (including phenoxy) is 2. The Morgan fingerprint density at radius 1 is 0.667 bits per heavy atom. The van der Waals surface area contributed by atoms with Gasteiger partial charge in [-0.15, -0.1) is 8.75 Å². The van der Waals surface area contributed by atoms with Crippen molar-refractivity contribution in [2.45, 2.75) is 32.1 Å². The average Bonchev–Trinajstić information content (AvgIpc) is 3.47. The highest BCUT2D eigenvalue weighted by atomic mass is 32.1. The smallest absolute Gasteiger partial charge is 0.254 e. The van der Waals surface area contributed by atoms with E-state index >= 15 is 0 Å². The molecular weight excluding hydrogens is 456 g/mol. The maximum Gasteiger partial charge on any atom is 0.254 e. The second-order valence-corrected chi connectivity index (χ2v) is 8.87. The molecule has 0 spiro atoms. The molecule has 0 aromatic carbocycles. The van der Waals surface area contributed by atoms with Gasteiger partial charge in [-0.05, 0) is 25.0 Å². The molecule has 0 amide bonds. The van der Waals surface area contributed by atoms with Crippen LogP contribution in [0.25, 0.3) is 22.5 Å². The van der Waals surface area contributed by atoms with E-state index in [0.29, 0.717) is 25.0 Å². The van der Waals surface area contributed by atoms with Crippen LogP contribution in [0.2, 0.25) is 0 Å². The minimum atomic E-state index is 0.624. The Morgan fingerprint density at radius 3 is 1.58 bits per heavy atom. The van der Waals surface area contributed by atoms with Crippen LogP contribution in [0, 0.1) is 0 Å². The third-order valence-corrected chi connectivity index (χ3v) is 6.13. The molecule has 0 saturated heterocycles. The average molecular weight is 485 g/mol. The van der Waals surface area contributed by atoms with E-state index in [-0.39, 0.29) is 0 Å². The van der Waals surface area contributed by atoms with Crippen molar-refractivity contribution in [2.75, 3.05) is 13.2 Å². The van der Waals surface area contributed by atoms with Crippen LogP contribution < -0.4 is 18.6 Å². The molecule has 172 valence electrons. The summed E-state index contributed by atoms with van der Waals surface area (Å²) in [4.78, 5) is 0. The number of hydrogen-bond donors (Lipinski definition) is 0. The molecule has 0 aliphatic carbocycles. The van der Waals surface area contributed by atoms with E-state index in [9.17, 15) is 0 Å². The molecule has 0 unspecified atom stereocenters. The van der Waals surface area contributed by atoms with E-state index in [1.165, 1.54) is 23.5 Å². The van der Waals surface area contributed by atoms with Gasteiger partial charge in [0.1, 0.15) is 14.1 Å². The van der Waals surface area contributed by atoms with Gasteiger partial charge in [0.2, 0.25) is 0 Å². The first kappa shape index (κ1) is 23.2. The molecule has 0 aliphatic heterocycles. The van der Waals surface area contributed by atoms with E-state index in [1.807, 2.05) is 72.3 Å². The Kier molecular flexibility index (Phi) is 8.26. The Labute approximate surface area is 202 Å². The lowest BCUT2D eigenvalue weighted by Gasteiger charge is -2.06. The molecule has 4 heterocycles. The molecule has 0 atom stereocenters.